The average molecular weight is 331 g/mol. The summed E-state index contributed by atoms with van der Waals surface area (Å²) in [6.45, 7) is 1.11. The Bertz CT molecular complexity index is 672. The summed E-state index contributed by atoms with van der Waals surface area (Å²) in [5, 5.41) is 0. The molecule has 1 saturated heterocycles. The second kappa shape index (κ2) is 6.06. The van der Waals surface area contributed by atoms with Crippen LogP contribution in [-0.4, -0.2) is 52.0 Å². The molecule has 0 amide bonds. The first-order chi connectivity index (χ1) is 11.7. The minimum absolute atomic E-state index is 0.134. The van der Waals surface area contributed by atoms with Crippen LogP contribution in [0.3, 0.4) is 0 Å². The van der Waals surface area contributed by atoms with Crippen LogP contribution >= 0.6 is 0 Å². The minimum atomic E-state index is -0.359. The molecule has 0 N–H and O–H groups in total. The monoisotopic (exact) mass is 331 g/mol. The summed E-state index contributed by atoms with van der Waals surface area (Å²) in [6.07, 6.45) is 4.24. The molecule has 1 fully saturated rings. The Kier molecular flexibility index (Phi) is 4.03. The van der Waals surface area contributed by atoms with Gasteiger partial charge in [-0.2, -0.15) is 0 Å². The van der Waals surface area contributed by atoms with Crippen molar-refractivity contribution >= 4 is 0 Å². The average Bonchev–Trinajstić information content (AvgIpc) is 3.00. The molecule has 4 atom stereocenters. The third kappa shape index (κ3) is 2.26. The van der Waals surface area contributed by atoms with Crippen LogP contribution in [0.25, 0.3) is 0 Å². The maximum absolute atomic E-state index is 6.31. The Morgan fingerprint density at radius 2 is 1.79 bits per heavy atom. The number of methoxy groups -OCH3 is 3. The molecule has 0 aromatic heterocycles. The molecule has 24 heavy (non-hydrogen) atoms. The Morgan fingerprint density at radius 1 is 1.08 bits per heavy atom. The van der Waals surface area contributed by atoms with E-state index in [1.54, 1.807) is 26.9 Å². The third-order valence-electron chi connectivity index (χ3n) is 5.68. The number of ether oxygens (including phenoxy) is 4. The lowest BCUT2D eigenvalue weighted by molar-refractivity contribution is -0.179. The van der Waals surface area contributed by atoms with Gasteiger partial charge in [-0.1, -0.05) is 11.6 Å². The van der Waals surface area contributed by atoms with Gasteiger partial charge in [-0.3, -0.25) is 4.90 Å². The van der Waals surface area contributed by atoms with E-state index in [-0.39, 0.29) is 12.4 Å². The molecule has 1 aromatic rings. The first-order valence-corrected chi connectivity index (χ1v) is 8.51. The van der Waals surface area contributed by atoms with Gasteiger partial charge in [0.15, 0.2) is 17.8 Å². The summed E-state index contributed by atoms with van der Waals surface area (Å²) in [4.78, 5) is 2.44. The van der Waals surface area contributed by atoms with Crippen LogP contribution in [0.5, 0.6) is 11.5 Å². The summed E-state index contributed by atoms with van der Waals surface area (Å²) >= 11 is 0. The molecule has 0 bridgehead atoms. The van der Waals surface area contributed by atoms with Crippen molar-refractivity contribution in [1.29, 1.82) is 0 Å². The highest BCUT2D eigenvalue weighted by molar-refractivity contribution is 5.52. The van der Waals surface area contributed by atoms with Gasteiger partial charge >= 0.3 is 0 Å². The van der Waals surface area contributed by atoms with E-state index in [1.165, 1.54) is 5.56 Å². The van der Waals surface area contributed by atoms with Crippen molar-refractivity contribution in [2.24, 2.45) is 0 Å². The first kappa shape index (κ1) is 15.9. The molecule has 1 aliphatic carbocycles. The summed E-state index contributed by atoms with van der Waals surface area (Å²) < 4.78 is 23.0. The van der Waals surface area contributed by atoms with E-state index in [4.69, 9.17) is 18.9 Å². The predicted octanol–water partition coefficient (Wildman–Crippen LogP) is 2.87. The van der Waals surface area contributed by atoms with Crippen LogP contribution in [0.1, 0.15) is 36.2 Å². The molecule has 2 heterocycles. The van der Waals surface area contributed by atoms with Gasteiger partial charge in [-0.05, 0) is 37.6 Å². The molecular weight excluding hydrogens is 306 g/mol. The molecule has 4 rings (SSSR count). The minimum Gasteiger partial charge on any atom is -0.493 e. The largest absolute Gasteiger partial charge is 0.493 e. The van der Waals surface area contributed by atoms with Gasteiger partial charge in [0.25, 0.3) is 0 Å². The van der Waals surface area contributed by atoms with Crippen LogP contribution in [-0.2, 0) is 9.47 Å². The van der Waals surface area contributed by atoms with Crippen LogP contribution < -0.4 is 9.47 Å². The van der Waals surface area contributed by atoms with E-state index in [2.05, 4.69) is 24.1 Å². The normalized spacial score (nSPS) is 31.8. The van der Waals surface area contributed by atoms with Gasteiger partial charge in [0.1, 0.15) is 0 Å². The van der Waals surface area contributed by atoms with Crippen molar-refractivity contribution in [2.75, 3.05) is 34.9 Å². The molecule has 130 valence electrons. The van der Waals surface area contributed by atoms with Gasteiger partial charge in [-0.15, -0.1) is 0 Å². The van der Waals surface area contributed by atoms with Crippen molar-refractivity contribution in [3.05, 3.63) is 34.9 Å². The van der Waals surface area contributed by atoms with Crippen molar-refractivity contribution in [2.45, 2.75) is 37.2 Å². The number of benzene rings is 1. The molecular formula is C19H25NO4. The summed E-state index contributed by atoms with van der Waals surface area (Å²) in [5.74, 6) is 1.79. The second-order valence-electron chi connectivity index (χ2n) is 6.79. The standard InChI is InChI=1S/C19H25NO4/c1-20-8-7-11-5-6-14-17(18(11)20)12-9-15(21-2)16(22-3)10-13(12)19(23-4)24-14/h5,9-10,14,17-19H,6-8H2,1-4H3/t14-,17+,18-,19-/m1/s1. The molecule has 0 unspecified atom stereocenters. The van der Waals surface area contributed by atoms with E-state index in [0.29, 0.717) is 17.7 Å². The maximum Gasteiger partial charge on any atom is 0.184 e. The number of rotatable bonds is 3. The number of fused-ring (bicyclic) bond motifs is 5. The number of likely N-dealkylation sites (N-methyl/N-ethyl adjacent to an activating group) is 1. The molecule has 0 radical (unpaired) electrons. The molecule has 0 spiro atoms. The topological polar surface area (TPSA) is 40.2 Å². The van der Waals surface area contributed by atoms with Crippen LogP contribution in [0.15, 0.2) is 23.8 Å². The lowest BCUT2D eigenvalue weighted by atomic mass is 9.74. The fourth-order valence-corrected chi connectivity index (χ4v) is 4.55. The Hall–Kier alpha value is -1.56. The highest BCUT2D eigenvalue weighted by Crippen LogP contribution is 2.50. The van der Waals surface area contributed by atoms with Gasteiger partial charge in [0.05, 0.1) is 20.3 Å². The first-order valence-electron chi connectivity index (χ1n) is 8.51. The third-order valence-corrected chi connectivity index (χ3v) is 5.68. The van der Waals surface area contributed by atoms with Crippen LogP contribution in [0.2, 0.25) is 0 Å². The maximum atomic E-state index is 6.31. The van der Waals surface area contributed by atoms with E-state index in [9.17, 15) is 0 Å². The van der Waals surface area contributed by atoms with E-state index in [1.807, 2.05) is 6.07 Å². The van der Waals surface area contributed by atoms with Gasteiger partial charge < -0.3 is 18.9 Å². The highest BCUT2D eigenvalue weighted by Gasteiger charge is 2.47. The SMILES string of the molecule is COc1cc2c(cc1OC)[C@@H]1[C@H]3C(=CC[C@H]1O[C@H]2OC)CCN3C. The Labute approximate surface area is 143 Å². The molecule has 5 heteroatoms. The Balaban J connectivity index is 1.86. The number of hydrogen-bond acceptors (Lipinski definition) is 5. The summed E-state index contributed by atoms with van der Waals surface area (Å²) in [5.41, 5.74) is 3.86. The number of nitrogens with zero attached hydrogens (tertiary/aromatic N) is 1. The van der Waals surface area contributed by atoms with Crippen LogP contribution in [0, 0.1) is 0 Å². The van der Waals surface area contributed by atoms with Gasteiger partial charge in [0.2, 0.25) is 0 Å². The Morgan fingerprint density at radius 3 is 2.46 bits per heavy atom. The lowest BCUT2D eigenvalue weighted by Crippen LogP contribution is -2.45. The quantitative estimate of drug-likeness (QED) is 0.797. The fourth-order valence-electron chi connectivity index (χ4n) is 4.55. The van der Waals surface area contributed by atoms with E-state index in [0.717, 1.165) is 30.7 Å². The fraction of sp³-hybridized carbons (Fsp3) is 0.579. The molecule has 5 nitrogen and oxygen atoms in total. The lowest BCUT2D eigenvalue weighted by Gasteiger charge is -2.44. The smallest absolute Gasteiger partial charge is 0.184 e. The molecule has 0 saturated carbocycles. The number of likely N-dealkylation sites (tertiary alicyclic amines) is 1. The van der Waals surface area contributed by atoms with Crippen LogP contribution in [0.4, 0.5) is 0 Å². The van der Waals surface area contributed by atoms with Crippen molar-refractivity contribution < 1.29 is 18.9 Å². The number of hydrogen-bond donors (Lipinski definition) is 0. The van der Waals surface area contributed by atoms with Gasteiger partial charge in [0, 0.05) is 31.2 Å². The van der Waals surface area contributed by atoms with E-state index >= 15 is 0 Å². The van der Waals surface area contributed by atoms with Crippen molar-refractivity contribution in [3.63, 3.8) is 0 Å². The zero-order valence-electron chi connectivity index (χ0n) is 14.7. The summed E-state index contributed by atoms with van der Waals surface area (Å²) in [6, 6.07) is 4.53. The zero-order valence-corrected chi connectivity index (χ0v) is 14.7. The van der Waals surface area contributed by atoms with Crippen molar-refractivity contribution in [3.8, 4) is 11.5 Å². The van der Waals surface area contributed by atoms with Gasteiger partial charge in [-0.25, -0.2) is 0 Å². The van der Waals surface area contributed by atoms with Crippen molar-refractivity contribution in [1.82, 2.24) is 4.90 Å². The van der Waals surface area contributed by atoms with E-state index < -0.39 is 0 Å². The molecule has 1 aromatic carbocycles. The zero-order chi connectivity index (χ0) is 16.8. The highest BCUT2D eigenvalue weighted by atomic mass is 16.7. The molecule has 3 aliphatic rings. The second-order valence-corrected chi connectivity index (χ2v) is 6.79. The predicted molar refractivity (Wildman–Crippen MR) is 90.6 cm³/mol. The summed E-state index contributed by atoms with van der Waals surface area (Å²) in [7, 11) is 7.24. The molecule has 2 aliphatic heterocycles.